The van der Waals surface area contributed by atoms with Gasteiger partial charge in [-0.05, 0) is 36.6 Å². The van der Waals surface area contributed by atoms with Gasteiger partial charge in [0.05, 0.1) is 0 Å². The molecule has 0 fully saturated rings. The van der Waals surface area contributed by atoms with Crippen LogP contribution in [0.3, 0.4) is 0 Å². The molecule has 0 saturated heterocycles. The van der Waals surface area contributed by atoms with Gasteiger partial charge in [-0.1, -0.05) is 13.8 Å². The van der Waals surface area contributed by atoms with Gasteiger partial charge in [-0.3, -0.25) is 4.79 Å². The van der Waals surface area contributed by atoms with Gasteiger partial charge >= 0.3 is 12.6 Å². The Hall–Kier alpha value is -2.18. The number of aliphatic carboxylic acids is 1. The normalized spacial score (nSPS) is 12.3. The van der Waals surface area contributed by atoms with E-state index in [-0.39, 0.29) is 17.2 Å². The number of rotatable bonds is 7. The number of halogens is 2. The zero-order valence-corrected chi connectivity index (χ0v) is 11.7. The molecule has 0 aliphatic carbocycles. The molecule has 0 aliphatic heterocycles. The van der Waals surface area contributed by atoms with Crippen molar-refractivity contribution in [3.05, 3.63) is 29.8 Å². The topological polar surface area (TPSA) is 75.6 Å². The molecule has 7 heteroatoms. The highest BCUT2D eigenvalue weighted by Crippen LogP contribution is 2.15. The van der Waals surface area contributed by atoms with E-state index in [1.165, 1.54) is 24.3 Å². The number of hydrogen-bond donors (Lipinski definition) is 2. The summed E-state index contributed by atoms with van der Waals surface area (Å²) in [6.45, 7) is 0.754. The Morgan fingerprint density at radius 1 is 1.24 bits per heavy atom. The number of hydrogen-bond acceptors (Lipinski definition) is 3. The lowest BCUT2D eigenvalue weighted by Crippen LogP contribution is -2.41. The van der Waals surface area contributed by atoms with Gasteiger partial charge in [-0.25, -0.2) is 4.79 Å². The van der Waals surface area contributed by atoms with E-state index in [1.54, 1.807) is 0 Å². The van der Waals surface area contributed by atoms with Crippen LogP contribution in [0.1, 0.15) is 30.6 Å². The van der Waals surface area contributed by atoms with Crippen LogP contribution in [0.4, 0.5) is 8.78 Å². The van der Waals surface area contributed by atoms with Crippen molar-refractivity contribution in [3.63, 3.8) is 0 Å². The molecule has 2 N–H and O–H groups in total. The lowest BCUT2D eigenvalue weighted by atomic mass is 10.0. The third kappa shape index (κ3) is 5.76. The van der Waals surface area contributed by atoms with Crippen LogP contribution < -0.4 is 10.1 Å². The maximum absolute atomic E-state index is 12.0. The Morgan fingerprint density at radius 3 is 2.24 bits per heavy atom. The Balaban J connectivity index is 2.71. The van der Waals surface area contributed by atoms with Crippen LogP contribution in [0.15, 0.2) is 24.3 Å². The standard InChI is InChI=1S/C14H17F2NO4/c1-8(2)7-11(13(19)20)17-12(18)9-3-5-10(6-4-9)21-14(15)16/h3-6,8,11,14H,7H2,1-2H3,(H,17,18)(H,19,20)/t11-/m0/s1. The molecule has 1 amide bonds. The monoisotopic (exact) mass is 301 g/mol. The Labute approximate surface area is 120 Å². The van der Waals surface area contributed by atoms with Gasteiger partial charge in [0.1, 0.15) is 11.8 Å². The molecule has 0 radical (unpaired) electrons. The average Bonchev–Trinajstić information content (AvgIpc) is 2.37. The van der Waals surface area contributed by atoms with E-state index < -0.39 is 24.5 Å². The molecule has 1 aromatic carbocycles. The van der Waals surface area contributed by atoms with Crippen LogP contribution in [0, 0.1) is 5.92 Å². The highest BCUT2D eigenvalue weighted by Gasteiger charge is 2.21. The van der Waals surface area contributed by atoms with Gasteiger partial charge in [0, 0.05) is 5.56 Å². The molecule has 1 atom stereocenters. The summed E-state index contributed by atoms with van der Waals surface area (Å²) in [5, 5.41) is 11.4. The lowest BCUT2D eigenvalue weighted by Gasteiger charge is -2.16. The summed E-state index contributed by atoms with van der Waals surface area (Å²) in [4.78, 5) is 23.0. The summed E-state index contributed by atoms with van der Waals surface area (Å²) in [7, 11) is 0. The Morgan fingerprint density at radius 2 is 1.81 bits per heavy atom. The number of carbonyl (C=O) groups is 2. The van der Waals surface area contributed by atoms with E-state index in [2.05, 4.69) is 10.1 Å². The predicted octanol–water partition coefficient (Wildman–Crippen LogP) is 2.52. The zero-order valence-electron chi connectivity index (χ0n) is 11.7. The first kappa shape index (κ1) is 16.9. The smallest absolute Gasteiger partial charge is 0.387 e. The predicted molar refractivity (Wildman–Crippen MR) is 71.4 cm³/mol. The molecule has 5 nitrogen and oxygen atoms in total. The van der Waals surface area contributed by atoms with E-state index >= 15 is 0 Å². The summed E-state index contributed by atoms with van der Waals surface area (Å²) < 4.78 is 28.2. The van der Waals surface area contributed by atoms with Crippen LogP contribution in [0.2, 0.25) is 0 Å². The van der Waals surface area contributed by atoms with E-state index in [4.69, 9.17) is 5.11 Å². The number of carboxylic acids is 1. The highest BCUT2D eigenvalue weighted by molar-refractivity contribution is 5.96. The maximum Gasteiger partial charge on any atom is 0.387 e. The third-order valence-corrected chi connectivity index (χ3v) is 2.65. The molecule has 0 unspecified atom stereocenters. The molecule has 0 heterocycles. The number of ether oxygens (including phenoxy) is 1. The van der Waals surface area contributed by atoms with Crippen LogP contribution >= 0.6 is 0 Å². The van der Waals surface area contributed by atoms with E-state index in [0.717, 1.165) is 0 Å². The molecule has 116 valence electrons. The molecular formula is C14H17F2NO4. The maximum atomic E-state index is 12.0. The van der Waals surface area contributed by atoms with E-state index in [9.17, 15) is 18.4 Å². The first-order valence-electron chi connectivity index (χ1n) is 6.38. The molecule has 0 aromatic heterocycles. The van der Waals surface area contributed by atoms with Gasteiger partial charge in [-0.2, -0.15) is 8.78 Å². The minimum atomic E-state index is -2.94. The minimum Gasteiger partial charge on any atom is -0.480 e. The molecule has 0 spiro atoms. The van der Waals surface area contributed by atoms with Gasteiger partial charge in [0.15, 0.2) is 0 Å². The summed E-state index contributed by atoms with van der Waals surface area (Å²) in [5.41, 5.74) is 0.173. The third-order valence-electron chi connectivity index (χ3n) is 2.65. The molecule has 0 bridgehead atoms. The summed E-state index contributed by atoms with van der Waals surface area (Å²) in [5.74, 6) is -1.66. The Bertz CT molecular complexity index is 488. The van der Waals surface area contributed by atoms with E-state index in [0.29, 0.717) is 6.42 Å². The van der Waals surface area contributed by atoms with Crippen LogP contribution in [0.5, 0.6) is 5.75 Å². The minimum absolute atomic E-state index is 0.0708. The van der Waals surface area contributed by atoms with Gasteiger partial charge in [0.2, 0.25) is 0 Å². The van der Waals surface area contributed by atoms with Crippen molar-refractivity contribution in [3.8, 4) is 5.75 Å². The molecule has 0 aliphatic rings. The number of benzene rings is 1. The molecule has 1 rings (SSSR count). The largest absolute Gasteiger partial charge is 0.480 e. The SMILES string of the molecule is CC(C)C[C@H](NC(=O)c1ccc(OC(F)F)cc1)C(=O)O. The van der Waals surface area contributed by atoms with Crippen molar-refractivity contribution in [2.45, 2.75) is 32.9 Å². The number of alkyl halides is 2. The molecular weight excluding hydrogens is 284 g/mol. The van der Waals surface area contributed by atoms with Crippen LogP contribution in [0.25, 0.3) is 0 Å². The van der Waals surface area contributed by atoms with E-state index in [1.807, 2.05) is 13.8 Å². The van der Waals surface area contributed by atoms with Crippen LogP contribution in [-0.2, 0) is 4.79 Å². The average molecular weight is 301 g/mol. The number of carbonyl (C=O) groups excluding carboxylic acids is 1. The lowest BCUT2D eigenvalue weighted by molar-refractivity contribution is -0.139. The second-order valence-corrected chi connectivity index (χ2v) is 4.90. The summed E-state index contributed by atoms with van der Waals surface area (Å²) in [6.07, 6.45) is 0.299. The number of carboxylic acid groups (broad SMARTS) is 1. The van der Waals surface area contributed by atoms with Crippen molar-refractivity contribution < 1.29 is 28.2 Å². The fraction of sp³-hybridized carbons (Fsp3) is 0.429. The van der Waals surface area contributed by atoms with Gasteiger partial charge in [0.25, 0.3) is 5.91 Å². The van der Waals surface area contributed by atoms with Crippen molar-refractivity contribution >= 4 is 11.9 Å². The Kier molecular flexibility index (Phi) is 6.08. The van der Waals surface area contributed by atoms with Crippen molar-refractivity contribution in [2.75, 3.05) is 0 Å². The highest BCUT2D eigenvalue weighted by atomic mass is 19.3. The number of amides is 1. The van der Waals surface area contributed by atoms with Crippen molar-refractivity contribution in [1.82, 2.24) is 5.32 Å². The quantitative estimate of drug-likeness (QED) is 0.811. The molecule has 1 aromatic rings. The first-order chi connectivity index (χ1) is 9.79. The first-order valence-corrected chi connectivity index (χ1v) is 6.38. The molecule has 21 heavy (non-hydrogen) atoms. The fourth-order valence-electron chi connectivity index (χ4n) is 1.72. The van der Waals surface area contributed by atoms with Gasteiger partial charge in [-0.15, -0.1) is 0 Å². The second kappa shape index (κ2) is 7.56. The summed E-state index contributed by atoms with van der Waals surface area (Å²) in [6, 6.07) is 4.04. The number of nitrogens with one attached hydrogen (secondary N) is 1. The van der Waals surface area contributed by atoms with Gasteiger partial charge < -0.3 is 15.2 Å². The fourth-order valence-corrected chi connectivity index (χ4v) is 1.72. The van der Waals surface area contributed by atoms with Crippen LogP contribution in [-0.4, -0.2) is 29.6 Å². The second-order valence-electron chi connectivity index (χ2n) is 4.90. The molecule has 0 saturated carbocycles. The zero-order chi connectivity index (χ0) is 16.0. The summed E-state index contributed by atoms with van der Waals surface area (Å²) >= 11 is 0. The van der Waals surface area contributed by atoms with Crippen molar-refractivity contribution in [2.24, 2.45) is 5.92 Å². The van der Waals surface area contributed by atoms with Crippen molar-refractivity contribution in [1.29, 1.82) is 0 Å².